The van der Waals surface area contributed by atoms with Gasteiger partial charge < -0.3 is 5.11 Å². The molecule has 0 aromatic carbocycles. The van der Waals surface area contributed by atoms with E-state index in [4.69, 9.17) is 0 Å². The zero-order valence-electron chi connectivity index (χ0n) is 10.6. The van der Waals surface area contributed by atoms with Crippen molar-refractivity contribution in [2.75, 3.05) is 6.54 Å². The monoisotopic (exact) mass is 287 g/mol. The second-order valence-corrected chi connectivity index (χ2v) is 6.59. The molecule has 2 unspecified atom stereocenters. The first-order valence-electron chi connectivity index (χ1n) is 6.20. The largest absolute Gasteiger partial charge is 0.480 e. The van der Waals surface area contributed by atoms with E-state index in [0.717, 1.165) is 10.7 Å². The van der Waals surface area contributed by atoms with E-state index < -0.39 is 22.0 Å². The predicted molar refractivity (Wildman–Crippen MR) is 66.9 cm³/mol. The third kappa shape index (κ3) is 2.64. The minimum absolute atomic E-state index is 0.00805. The second-order valence-electron chi connectivity index (χ2n) is 4.70. The maximum Gasteiger partial charge on any atom is 0.322 e. The molecule has 0 amide bonds. The van der Waals surface area contributed by atoms with Crippen molar-refractivity contribution in [3.8, 4) is 0 Å². The first-order valence-corrected chi connectivity index (χ1v) is 7.64. The summed E-state index contributed by atoms with van der Waals surface area (Å²) in [5.74, 6) is -0.831. The van der Waals surface area contributed by atoms with E-state index in [-0.39, 0.29) is 17.4 Å². The molecular weight excluding hydrogens is 270 g/mol. The molecule has 1 aromatic rings. The fourth-order valence-corrected chi connectivity index (χ4v) is 3.93. The first-order chi connectivity index (χ1) is 8.96. The average molecular weight is 287 g/mol. The van der Waals surface area contributed by atoms with Gasteiger partial charge in [0.1, 0.15) is 10.9 Å². The molecule has 1 aromatic heterocycles. The number of hydrogen-bond acceptors (Lipinski definition) is 4. The maximum absolute atomic E-state index is 12.4. The summed E-state index contributed by atoms with van der Waals surface area (Å²) in [5, 5.41) is 15.3. The van der Waals surface area contributed by atoms with Crippen molar-refractivity contribution in [2.24, 2.45) is 5.92 Å². The smallest absolute Gasteiger partial charge is 0.322 e. The van der Waals surface area contributed by atoms with Crippen LogP contribution in [0.3, 0.4) is 0 Å². The Bertz CT molecular complexity index is 540. The van der Waals surface area contributed by atoms with Crippen LogP contribution in [0.25, 0.3) is 0 Å². The third-order valence-electron chi connectivity index (χ3n) is 3.60. The van der Waals surface area contributed by atoms with Crippen LogP contribution in [0.1, 0.15) is 26.2 Å². The number of aromatic amines is 1. The van der Waals surface area contributed by atoms with Gasteiger partial charge in [0, 0.05) is 12.7 Å². The van der Waals surface area contributed by atoms with Gasteiger partial charge in [0.25, 0.3) is 0 Å². The summed E-state index contributed by atoms with van der Waals surface area (Å²) < 4.78 is 25.8. The molecule has 2 N–H and O–H groups in total. The highest BCUT2D eigenvalue weighted by Gasteiger charge is 2.40. The number of nitrogens with one attached hydrogen (secondary N) is 1. The molecule has 8 heteroatoms. The van der Waals surface area contributed by atoms with Gasteiger partial charge in [-0.15, -0.1) is 0 Å². The van der Waals surface area contributed by atoms with Crippen molar-refractivity contribution in [3.05, 3.63) is 12.4 Å². The number of hydrogen-bond donors (Lipinski definition) is 2. The topological polar surface area (TPSA) is 103 Å². The Balaban J connectivity index is 2.30. The molecule has 1 fully saturated rings. The van der Waals surface area contributed by atoms with Crippen LogP contribution in [-0.2, 0) is 14.8 Å². The molecule has 7 nitrogen and oxygen atoms in total. The van der Waals surface area contributed by atoms with Gasteiger partial charge in [-0.3, -0.25) is 9.89 Å². The lowest BCUT2D eigenvalue weighted by atomic mass is 9.90. The van der Waals surface area contributed by atoms with Crippen LogP contribution < -0.4 is 0 Å². The number of sulfonamides is 1. The summed E-state index contributed by atoms with van der Waals surface area (Å²) in [7, 11) is -3.79. The summed E-state index contributed by atoms with van der Waals surface area (Å²) in [4.78, 5) is 11.3. The van der Waals surface area contributed by atoms with Gasteiger partial charge in [-0.05, 0) is 18.8 Å². The molecule has 1 aliphatic heterocycles. The summed E-state index contributed by atoms with van der Waals surface area (Å²) in [6, 6.07) is -0.987. The van der Waals surface area contributed by atoms with E-state index in [1.165, 1.54) is 12.4 Å². The van der Waals surface area contributed by atoms with Gasteiger partial charge >= 0.3 is 5.97 Å². The van der Waals surface area contributed by atoms with Crippen molar-refractivity contribution in [3.63, 3.8) is 0 Å². The molecule has 0 aliphatic carbocycles. The molecule has 1 aliphatic rings. The highest BCUT2D eigenvalue weighted by molar-refractivity contribution is 7.89. The van der Waals surface area contributed by atoms with Gasteiger partial charge in [0.15, 0.2) is 0 Å². The highest BCUT2D eigenvalue weighted by atomic mass is 32.2. The maximum atomic E-state index is 12.4. The van der Waals surface area contributed by atoms with Crippen LogP contribution in [0.15, 0.2) is 17.3 Å². The van der Waals surface area contributed by atoms with Crippen LogP contribution in [0.4, 0.5) is 0 Å². The molecule has 1 saturated heterocycles. The lowest BCUT2D eigenvalue weighted by Crippen LogP contribution is -2.49. The van der Waals surface area contributed by atoms with E-state index >= 15 is 0 Å². The number of H-pyrrole nitrogens is 1. The summed E-state index contributed by atoms with van der Waals surface area (Å²) in [5.41, 5.74) is 0. The number of nitrogens with zero attached hydrogens (tertiary/aromatic N) is 2. The van der Waals surface area contributed by atoms with Gasteiger partial charge in [-0.25, -0.2) is 8.42 Å². The van der Waals surface area contributed by atoms with Crippen LogP contribution >= 0.6 is 0 Å². The lowest BCUT2D eigenvalue weighted by Gasteiger charge is -2.35. The Kier molecular flexibility index (Phi) is 3.91. The lowest BCUT2D eigenvalue weighted by molar-refractivity contribution is -0.143. The third-order valence-corrected chi connectivity index (χ3v) is 5.48. The number of aliphatic carboxylic acids is 1. The molecule has 106 valence electrons. The van der Waals surface area contributed by atoms with Crippen molar-refractivity contribution in [2.45, 2.75) is 37.1 Å². The zero-order valence-corrected chi connectivity index (χ0v) is 11.4. The Hall–Kier alpha value is -1.41. The zero-order chi connectivity index (χ0) is 14.0. The van der Waals surface area contributed by atoms with E-state index in [0.29, 0.717) is 12.8 Å². The summed E-state index contributed by atoms with van der Waals surface area (Å²) >= 11 is 0. The van der Waals surface area contributed by atoms with Gasteiger partial charge in [-0.2, -0.15) is 9.40 Å². The molecule has 2 atom stereocenters. The molecule has 0 saturated carbocycles. The number of piperidine rings is 1. The van der Waals surface area contributed by atoms with Crippen molar-refractivity contribution in [1.82, 2.24) is 14.5 Å². The summed E-state index contributed by atoms with van der Waals surface area (Å²) in [6.07, 6.45) is 4.38. The van der Waals surface area contributed by atoms with E-state index in [2.05, 4.69) is 10.2 Å². The normalized spacial score (nSPS) is 25.3. The fraction of sp³-hybridized carbons (Fsp3) is 0.636. The minimum atomic E-state index is -3.79. The number of carboxylic acid groups (broad SMARTS) is 1. The Morgan fingerprint density at radius 2 is 2.37 bits per heavy atom. The summed E-state index contributed by atoms with van der Waals surface area (Å²) in [6.45, 7) is 2.23. The standard InChI is InChI=1S/C11H17N3O4S/c1-2-8-3-4-14(10(5-8)11(15)16)19(17,18)9-6-12-13-7-9/h6-8,10H,2-5H2,1H3,(H,12,13)(H,15,16). The Morgan fingerprint density at radius 3 is 2.89 bits per heavy atom. The SMILES string of the molecule is CCC1CCN(S(=O)(=O)c2cn[nH]c2)C(C(=O)O)C1. The van der Waals surface area contributed by atoms with E-state index in [9.17, 15) is 18.3 Å². The van der Waals surface area contributed by atoms with E-state index in [1.54, 1.807) is 0 Å². The Morgan fingerprint density at radius 1 is 1.63 bits per heavy atom. The second kappa shape index (κ2) is 5.30. The number of aromatic nitrogens is 2. The van der Waals surface area contributed by atoms with Crippen molar-refractivity contribution < 1.29 is 18.3 Å². The molecule has 0 bridgehead atoms. The molecule has 2 rings (SSSR count). The molecular formula is C11H17N3O4S. The number of rotatable bonds is 4. The van der Waals surface area contributed by atoms with Crippen molar-refractivity contribution in [1.29, 1.82) is 0 Å². The van der Waals surface area contributed by atoms with Gasteiger partial charge in [0.2, 0.25) is 10.0 Å². The average Bonchev–Trinajstić information content (AvgIpc) is 2.92. The molecule has 0 spiro atoms. The van der Waals surface area contributed by atoms with Crippen LogP contribution in [0.5, 0.6) is 0 Å². The first kappa shape index (κ1) is 14.0. The minimum Gasteiger partial charge on any atom is -0.480 e. The Labute approximate surface area is 111 Å². The predicted octanol–water partition coefficient (Wildman–Crippen LogP) is 0.674. The van der Waals surface area contributed by atoms with Crippen LogP contribution in [0.2, 0.25) is 0 Å². The number of carboxylic acids is 1. The highest BCUT2D eigenvalue weighted by Crippen LogP contribution is 2.29. The quantitative estimate of drug-likeness (QED) is 0.847. The van der Waals surface area contributed by atoms with Gasteiger partial charge in [0.05, 0.1) is 6.20 Å². The molecule has 0 radical (unpaired) electrons. The van der Waals surface area contributed by atoms with E-state index in [1.807, 2.05) is 6.92 Å². The molecule has 19 heavy (non-hydrogen) atoms. The molecule has 2 heterocycles. The fourth-order valence-electron chi connectivity index (χ4n) is 2.41. The van der Waals surface area contributed by atoms with Crippen LogP contribution in [-0.4, -0.2) is 46.6 Å². The number of carbonyl (C=O) groups is 1. The van der Waals surface area contributed by atoms with Gasteiger partial charge in [-0.1, -0.05) is 13.3 Å². The van der Waals surface area contributed by atoms with Crippen molar-refractivity contribution >= 4 is 16.0 Å². The van der Waals surface area contributed by atoms with Crippen LogP contribution in [0, 0.1) is 5.92 Å².